The molecule has 0 heterocycles. The van der Waals surface area contributed by atoms with Gasteiger partial charge in [0.15, 0.2) is 0 Å². The molecule has 0 amide bonds. The van der Waals surface area contributed by atoms with E-state index < -0.39 is 0 Å². The summed E-state index contributed by atoms with van der Waals surface area (Å²) in [6.07, 6.45) is 0. The second kappa shape index (κ2) is 10.1. The summed E-state index contributed by atoms with van der Waals surface area (Å²) in [5, 5.41) is 18.4. The second-order valence-electron chi connectivity index (χ2n) is 13.2. The summed E-state index contributed by atoms with van der Waals surface area (Å²) in [4.78, 5) is 0. The summed E-state index contributed by atoms with van der Waals surface area (Å²) in [6.45, 7) is 0. The Bertz CT molecular complexity index is 2980. The molecule has 0 atom stereocenters. The molecule has 0 nitrogen and oxygen atoms in total. The van der Waals surface area contributed by atoms with E-state index in [2.05, 4.69) is 180 Å². The lowest BCUT2D eigenvalue weighted by Crippen LogP contribution is -1.87. The zero-order chi connectivity index (χ0) is 32.2. The SMILES string of the molecule is Brc1ccc2c3c(-c4ccccc4)c4c5cccc6c(-c7cccc8ccccc78)ccc(c4c(-c4ccccc4)c3c3cccc1c23)c65. The normalized spacial score (nSPS) is 12.2. The molecule has 49 heavy (non-hydrogen) atoms. The Balaban J connectivity index is 1.44. The standard InChI is InChI=1S/C48H27Br/c49-40-27-26-39-44-35(40)21-11-23-37(44)46-42(30-15-5-2-6-16-30)47-38-25-24-33(32-19-9-17-28-12-7-8-18-31(28)32)34-20-10-22-36(43(34)38)45(47)41(48(39)46)29-13-3-1-4-14-29/h1-27H. The largest absolute Gasteiger partial charge is 0.0622 e. The zero-order valence-corrected chi connectivity index (χ0v) is 28.1. The number of halogens is 1. The van der Waals surface area contributed by atoms with Gasteiger partial charge >= 0.3 is 0 Å². The number of fused-ring (bicyclic) bond motifs is 7. The van der Waals surface area contributed by atoms with Crippen LogP contribution < -0.4 is 0 Å². The van der Waals surface area contributed by atoms with Gasteiger partial charge < -0.3 is 0 Å². The van der Waals surface area contributed by atoms with Crippen LogP contribution in [0.4, 0.5) is 0 Å². The predicted octanol–water partition coefficient (Wildman–Crippen LogP) is 14.4. The molecule has 226 valence electrons. The zero-order valence-electron chi connectivity index (χ0n) is 26.5. The van der Waals surface area contributed by atoms with Crippen LogP contribution in [0.1, 0.15) is 0 Å². The van der Waals surface area contributed by atoms with E-state index >= 15 is 0 Å². The van der Waals surface area contributed by atoms with Crippen LogP contribution in [0.25, 0.3) is 109 Å². The molecular formula is C48H27Br. The van der Waals surface area contributed by atoms with Gasteiger partial charge in [0.1, 0.15) is 0 Å². The maximum Gasteiger partial charge on any atom is 0.0254 e. The highest BCUT2D eigenvalue weighted by Crippen LogP contribution is 2.56. The third-order valence-corrected chi connectivity index (χ3v) is 11.5. The van der Waals surface area contributed by atoms with E-state index in [-0.39, 0.29) is 0 Å². The van der Waals surface area contributed by atoms with E-state index in [9.17, 15) is 0 Å². The van der Waals surface area contributed by atoms with Gasteiger partial charge in [-0.3, -0.25) is 0 Å². The van der Waals surface area contributed by atoms with Crippen molar-refractivity contribution in [3.63, 3.8) is 0 Å². The summed E-state index contributed by atoms with van der Waals surface area (Å²) < 4.78 is 1.13. The van der Waals surface area contributed by atoms with Gasteiger partial charge in [-0.25, -0.2) is 0 Å². The van der Waals surface area contributed by atoms with Gasteiger partial charge in [0, 0.05) is 4.47 Å². The van der Waals surface area contributed by atoms with Crippen LogP contribution >= 0.6 is 15.9 Å². The highest BCUT2D eigenvalue weighted by molar-refractivity contribution is 9.10. The third-order valence-electron chi connectivity index (χ3n) is 10.8. The van der Waals surface area contributed by atoms with Crippen molar-refractivity contribution < 1.29 is 0 Å². The van der Waals surface area contributed by atoms with Gasteiger partial charge in [-0.15, -0.1) is 0 Å². The van der Waals surface area contributed by atoms with Crippen molar-refractivity contribution in [2.24, 2.45) is 0 Å². The molecule has 0 saturated heterocycles. The maximum absolute atomic E-state index is 3.90. The van der Waals surface area contributed by atoms with Crippen molar-refractivity contribution >= 4 is 91.3 Å². The number of benzene rings is 9. The maximum atomic E-state index is 3.90. The summed E-state index contributed by atoms with van der Waals surface area (Å²) in [5.41, 5.74) is 7.69. The van der Waals surface area contributed by atoms with Crippen LogP contribution in [0.3, 0.4) is 0 Å². The molecule has 0 spiro atoms. The van der Waals surface area contributed by atoms with Crippen LogP contribution in [-0.2, 0) is 0 Å². The Morgan fingerprint density at radius 2 is 0.694 bits per heavy atom. The first-order valence-corrected chi connectivity index (χ1v) is 17.7. The Labute approximate surface area is 291 Å². The Morgan fingerprint density at radius 1 is 0.265 bits per heavy atom. The molecule has 1 heteroatoms. The van der Waals surface area contributed by atoms with Gasteiger partial charge in [0.25, 0.3) is 0 Å². The first-order valence-electron chi connectivity index (χ1n) is 16.9. The molecule has 0 fully saturated rings. The molecule has 0 aliphatic rings. The first-order chi connectivity index (χ1) is 24.3. The van der Waals surface area contributed by atoms with Crippen molar-refractivity contribution in [2.45, 2.75) is 0 Å². The summed E-state index contributed by atoms with van der Waals surface area (Å²) >= 11 is 3.90. The fourth-order valence-electron chi connectivity index (χ4n) is 8.92. The highest BCUT2D eigenvalue weighted by Gasteiger charge is 2.28. The smallest absolute Gasteiger partial charge is 0.0254 e. The van der Waals surface area contributed by atoms with E-state index in [1.54, 1.807) is 0 Å². The van der Waals surface area contributed by atoms with Crippen LogP contribution in [-0.4, -0.2) is 0 Å². The topological polar surface area (TPSA) is 0 Å². The number of hydrogen-bond acceptors (Lipinski definition) is 0. The fraction of sp³-hybridized carbons (Fsp3) is 0. The average Bonchev–Trinajstić information content (AvgIpc) is 3.67. The molecule has 0 aliphatic heterocycles. The van der Waals surface area contributed by atoms with Crippen LogP contribution in [0.2, 0.25) is 0 Å². The monoisotopic (exact) mass is 682 g/mol. The van der Waals surface area contributed by atoms with E-state index in [1.807, 2.05) is 0 Å². The van der Waals surface area contributed by atoms with Crippen molar-refractivity contribution in [1.29, 1.82) is 0 Å². The van der Waals surface area contributed by atoms with E-state index in [0.717, 1.165) is 4.47 Å². The molecule has 11 rings (SSSR count). The van der Waals surface area contributed by atoms with Crippen molar-refractivity contribution in [2.75, 3.05) is 0 Å². The minimum Gasteiger partial charge on any atom is -0.0622 e. The van der Waals surface area contributed by atoms with Gasteiger partial charge in [0.05, 0.1) is 0 Å². The molecule has 0 aromatic heterocycles. The molecule has 0 unspecified atom stereocenters. The molecule has 0 aliphatic carbocycles. The minimum absolute atomic E-state index is 1.13. The van der Waals surface area contributed by atoms with Crippen molar-refractivity contribution in [3.8, 4) is 33.4 Å². The lowest BCUT2D eigenvalue weighted by Gasteiger charge is -2.15. The molecule has 0 N–H and O–H groups in total. The second-order valence-corrected chi connectivity index (χ2v) is 14.1. The van der Waals surface area contributed by atoms with E-state index in [4.69, 9.17) is 0 Å². The summed E-state index contributed by atoms with van der Waals surface area (Å²) in [6, 6.07) is 60.7. The third kappa shape index (κ3) is 3.63. The number of hydrogen-bond donors (Lipinski definition) is 0. The van der Waals surface area contributed by atoms with Gasteiger partial charge in [0.2, 0.25) is 0 Å². The summed E-state index contributed by atoms with van der Waals surface area (Å²) in [7, 11) is 0. The number of rotatable bonds is 3. The lowest BCUT2D eigenvalue weighted by molar-refractivity contribution is 1.68. The van der Waals surface area contributed by atoms with Crippen molar-refractivity contribution in [1.82, 2.24) is 0 Å². The first kappa shape index (κ1) is 27.2. The Morgan fingerprint density at radius 3 is 1.35 bits per heavy atom. The van der Waals surface area contributed by atoms with Crippen LogP contribution in [0.15, 0.2) is 168 Å². The van der Waals surface area contributed by atoms with Gasteiger partial charge in [-0.2, -0.15) is 0 Å². The average molecular weight is 684 g/mol. The van der Waals surface area contributed by atoms with Crippen LogP contribution in [0.5, 0.6) is 0 Å². The quantitative estimate of drug-likeness (QED) is 0.174. The molecule has 0 bridgehead atoms. The Kier molecular flexibility index (Phi) is 5.62. The Hall–Kier alpha value is -5.76. The summed E-state index contributed by atoms with van der Waals surface area (Å²) in [5.74, 6) is 0. The molecule has 11 aromatic rings. The minimum atomic E-state index is 1.13. The van der Waals surface area contributed by atoms with Gasteiger partial charge in [-0.05, 0) is 115 Å². The highest BCUT2D eigenvalue weighted by atomic mass is 79.9. The fourth-order valence-corrected chi connectivity index (χ4v) is 9.38. The van der Waals surface area contributed by atoms with E-state index in [1.165, 1.54) is 109 Å². The van der Waals surface area contributed by atoms with Crippen molar-refractivity contribution in [3.05, 3.63) is 168 Å². The molecule has 11 aromatic carbocycles. The van der Waals surface area contributed by atoms with Crippen LogP contribution in [0, 0.1) is 0 Å². The van der Waals surface area contributed by atoms with E-state index in [0.29, 0.717) is 0 Å². The molecular weight excluding hydrogens is 656 g/mol. The molecule has 0 saturated carbocycles. The van der Waals surface area contributed by atoms with Gasteiger partial charge in [-0.1, -0.05) is 174 Å². The molecule has 0 radical (unpaired) electrons. The predicted molar refractivity (Wildman–Crippen MR) is 215 cm³/mol. The lowest BCUT2D eigenvalue weighted by atomic mass is 9.87.